The predicted molar refractivity (Wildman–Crippen MR) is 78.6 cm³/mol. The SMILES string of the molecule is NC(=O)COc1cccc(NC(=O)C2CC3C=CC2C3)c1. The summed E-state index contributed by atoms with van der Waals surface area (Å²) in [6.45, 7) is -0.172. The second-order valence-electron chi connectivity index (χ2n) is 5.66. The number of hydrogen-bond acceptors (Lipinski definition) is 3. The molecule has 0 aromatic heterocycles. The van der Waals surface area contributed by atoms with Crippen LogP contribution in [-0.2, 0) is 9.59 Å². The second-order valence-corrected chi connectivity index (χ2v) is 5.66. The van der Waals surface area contributed by atoms with Crippen LogP contribution < -0.4 is 15.8 Å². The summed E-state index contributed by atoms with van der Waals surface area (Å²) in [5.74, 6) is 1.05. The highest BCUT2D eigenvalue weighted by Gasteiger charge is 2.39. The van der Waals surface area contributed by atoms with Gasteiger partial charge in [0.25, 0.3) is 5.91 Å². The number of primary amides is 1. The van der Waals surface area contributed by atoms with Crippen LogP contribution in [0.15, 0.2) is 36.4 Å². The molecule has 2 aliphatic carbocycles. The smallest absolute Gasteiger partial charge is 0.255 e. The lowest BCUT2D eigenvalue weighted by atomic mass is 9.93. The maximum absolute atomic E-state index is 12.3. The highest BCUT2D eigenvalue weighted by molar-refractivity contribution is 5.93. The standard InChI is InChI=1S/C16H18N2O3/c17-15(19)9-21-13-3-1-2-12(8-13)18-16(20)14-7-10-4-5-11(14)6-10/h1-5,8,10-11,14H,6-7,9H2,(H2,17,19)(H,18,20). The van der Waals surface area contributed by atoms with Gasteiger partial charge in [0.15, 0.2) is 6.61 Å². The Morgan fingerprint density at radius 2 is 2.14 bits per heavy atom. The fraction of sp³-hybridized carbons (Fsp3) is 0.375. The Morgan fingerprint density at radius 1 is 1.29 bits per heavy atom. The molecule has 0 heterocycles. The van der Waals surface area contributed by atoms with Crippen LogP contribution in [0.25, 0.3) is 0 Å². The minimum Gasteiger partial charge on any atom is -0.484 e. The summed E-state index contributed by atoms with van der Waals surface area (Å²) in [5.41, 5.74) is 5.71. The molecule has 3 atom stereocenters. The lowest BCUT2D eigenvalue weighted by Crippen LogP contribution is -2.25. The van der Waals surface area contributed by atoms with E-state index in [2.05, 4.69) is 17.5 Å². The molecule has 0 aliphatic heterocycles. The normalized spacial score (nSPS) is 25.8. The van der Waals surface area contributed by atoms with Crippen molar-refractivity contribution in [3.8, 4) is 5.75 Å². The van der Waals surface area contributed by atoms with Gasteiger partial charge in [0.2, 0.25) is 5.91 Å². The van der Waals surface area contributed by atoms with Crippen LogP contribution in [-0.4, -0.2) is 18.4 Å². The number of ether oxygens (including phenoxy) is 1. The van der Waals surface area contributed by atoms with Gasteiger partial charge in [0.1, 0.15) is 5.75 Å². The summed E-state index contributed by atoms with van der Waals surface area (Å²) in [5, 5.41) is 2.93. The summed E-state index contributed by atoms with van der Waals surface area (Å²) >= 11 is 0. The molecule has 2 amide bonds. The van der Waals surface area contributed by atoms with Crippen LogP contribution in [0.5, 0.6) is 5.75 Å². The molecule has 1 aromatic rings. The van der Waals surface area contributed by atoms with Crippen LogP contribution >= 0.6 is 0 Å². The van der Waals surface area contributed by atoms with Gasteiger partial charge < -0.3 is 15.8 Å². The van der Waals surface area contributed by atoms with Crippen molar-refractivity contribution in [1.82, 2.24) is 0 Å². The maximum Gasteiger partial charge on any atom is 0.255 e. The van der Waals surface area contributed by atoms with E-state index in [1.165, 1.54) is 0 Å². The average molecular weight is 286 g/mol. The van der Waals surface area contributed by atoms with Crippen molar-refractivity contribution in [3.63, 3.8) is 0 Å². The van der Waals surface area contributed by atoms with Gasteiger partial charge in [-0.3, -0.25) is 9.59 Å². The summed E-state index contributed by atoms with van der Waals surface area (Å²) in [6.07, 6.45) is 6.41. The molecular weight excluding hydrogens is 268 g/mol. The van der Waals surface area contributed by atoms with Crippen LogP contribution in [0, 0.1) is 17.8 Å². The van der Waals surface area contributed by atoms with E-state index in [0.717, 1.165) is 12.8 Å². The number of nitrogens with two attached hydrogens (primary N) is 1. The maximum atomic E-state index is 12.3. The lowest BCUT2D eigenvalue weighted by molar-refractivity contribution is -0.121. The Labute approximate surface area is 123 Å². The highest BCUT2D eigenvalue weighted by atomic mass is 16.5. The molecule has 2 bridgehead atoms. The topological polar surface area (TPSA) is 81.4 Å². The van der Waals surface area contributed by atoms with E-state index in [0.29, 0.717) is 23.3 Å². The Morgan fingerprint density at radius 3 is 2.81 bits per heavy atom. The Balaban J connectivity index is 1.62. The molecule has 21 heavy (non-hydrogen) atoms. The number of carbonyl (C=O) groups is 2. The van der Waals surface area contributed by atoms with Gasteiger partial charge in [0, 0.05) is 17.7 Å². The molecule has 3 unspecified atom stereocenters. The van der Waals surface area contributed by atoms with Gasteiger partial charge in [0.05, 0.1) is 0 Å². The summed E-state index contributed by atoms with van der Waals surface area (Å²) < 4.78 is 5.23. The number of benzene rings is 1. The van der Waals surface area contributed by atoms with Crippen LogP contribution in [0.4, 0.5) is 5.69 Å². The number of anilines is 1. The monoisotopic (exact) mass is 286 g/mol. The Hall–Kier alpha value is -2.30. The van der Waals surface area contributed by atoms with E-state index in [1.807, 2.05) is 0 Å². The lowest BCUT2D eigenvalue weighted by Gasteiger charge is -2.17. The molecule has 1 aromatic carbocycles. The third-order valence-electron chi connectivity index (χ3n) is 4.10. The van der Waals surface area contributed by atoms with Crippen molar-refractivity contribution >= 4 is 17.5 Å². The van der Waals surface area contributed by atoms with Crippen LogP contribution in [0.1, 0.15) is 12.8 Å². The van der Waals surface area contributed by atoms with Crippen molar-refractivity contribution in [3.05, 3.63) is 36.4 Å². The zero-order chi connectivity index (χ0) is 14.8. The van der Waals surface area contributed by atoms with Crippen molar-refractivity contribution in [2.75, 3.05) is 11.9 Å². The molecule has 1 saturated carbocycles. The number of carbonyl (C=O) groups excluding carboxylic acids is 2. The molecule has 1 fully saturated rings. The first-order valence-electron chi connectivity index (χ1n) is 7.12. The van der Waals surface area contributed by atoms with E-state index >= 15 is 0 Å². The predicted octanol–water partition coefficient (Wildman–Crippen LogP) is 1.70. The Kier molecular flexibility index (Phi) is 3.64. The third kappa shape index (κ3) is 3.07. The number of hydrogen-bond donors (Lipinski definition) is 2. The first-order chi connectivity index (χ1) is 10.1. The van der Waals surface area contributed by atoms with Crippen LogP contribution in [0.2, 0.25) is 0 Å². The molecule has 3 N–H and O–H groups in total. The summed E-state index contributed by atoms with van der Waals surface area (Å²) in [4.78, 5) is 23.0. The van der Waals surface area contributed by atoms with E-state index in [1.54, 1.807) is 24.3 Å². The summed E-state index contributed by atoms with van der Waals surface area (Å²) in [6, 6.07) is 6.99. The molecule has 110 valence electrons. The number of fused-ring (bicyclic) bond motifs is 2. The molecule has 0 radical (unpaired) electrons. The largest absolute Gasteiger partial charge is 0.484 e. The van der Waals surface area contributed by atoms with Crippen molar-refractivity contribution in [2.45, 2.75) is 12.8 Å². The zero-order valence-corrected chi connectivity index (χ0v) is 11.6. The fourth-order valence-corrected chi connectivity index (χ4v) is 3.14. The average Bonchev–Trinajstić information content (AvgIpc) is 3.08. The van der Waals surface area contributed by atoms with Crippen molar-refractivity contribution < 1.29 is 14.3 Å². The number of allylic oxidation sites excluding steroid dienone is 2. The van der Waals surface area contributed by atoms with E-state index < -0.39 is 5.91 Å². The minimum atomic E-state index is -0.529. The van der Waals surface area contributed by atoms with Gasteiger partial charge in [-0.15, -0.1) is 0 Å². The summed E-state index contributed by atoms with van der Waals surface area (Å²) in [7, 11) is 0. The number of rotatable bonds is 5. The van der Waals surface area contributed by atoms with Gasteiger partial charge in [-0.1, -0.05) is 18.2 Å². The molecule has 5 heteroatoms. The third-order valence-corrected chi connectivity index (χ3v) is 4.10. The molecule has 0 saturated heterocycles. The number of nitrogens with one attached hydrogen (secondary N) is 1. The molecule has 5 nitrogen and oxygen atoms in total. The van der Waals surface area contributed by atoms with Gasteiger partial charge in [-0.2, -0.15) is 0 Å². The molecular formula is C16H18N2O3. The molecule has 3 rings (SSSR count). The first kappa shape index (κ1) is 13.7. The fourth-order valence-electron chi connectivity index (χ4n) is 3.14. The van der Waals surface area contributed by atoms with E-state index in [-0.39, 0.29) is 18.4 Å². The first-order valence-corrected chi connectivity index (χ1v) is 7.12. The zero-order valence-electron chi connectivity index (χ0n) is 11.6. The van der Waals surface area contributed by atoms with Gasteiger partial charge >= 0.3 is 0 Å². The highest BCUT2D eigenvalue weighted by Crippen LogP contribution is 2.43. The molecule has 0 spiro atoms. The van der Waals surface area contributed by atoms with Crippen molar-refractivity contribution in [2.24, 2.45) is 23.5 Å². The Bertz CT molecular complexity index is 597. The van der Waals surface area contributed by atoms with Crippen LogP contribution in [0.3, 0.4) is 0 Å². The number of amides is 2. The second kappa shape index (κ2) is 5.60. The van der Waals surface area contributed by atoms with Gasteiger partial charge in [-0.05, 0) is 36.8 Å². The minimum absolute atomic E-state index is 0.0545. The van der Waals surface area contributed by atoms with E-state index in [4.69, 9.17) is 10.5 Å². The molecule has 2 aliphatic rings. The van der Waals surface area contributed by atoms with Crippen molar-refractivity contribution in [1.29, 1.82) is 0 Å². The van der Waals surface area contributed by atoms with Gasteiger partial charge in [-0.25, -0.2) is 0 Å². The quantitative estimate of drug-likeness (QED) is 0.808. The van der Waals surface area contributed by atoms with E-state index in [9.17, 15) is 9.59 Å².